The van der Waals surface area contributed by atoms with Gasteiger partial charge in [-0.15, -0.1) is 0 Å². The van der Waals surface area contributed by atoms with Crippen molar-refractivity contribution >= 4 is 29.5 Å². The highest BCUT2D eigenvalue weighted by Crippen LogP contribution is 2.19. The van der Waals surface area contributed by atoms with E-state index in [-0.39, 0.29) is 15.9 Å². The summed E-state index contributed by atoms with van der Waals surface area (Å²) in [6.07, 6.45) is 1.25. The topological polar surface area (TPSA) is 42.9 Å². The van der Waals surface area contributed by atoms with Gasteiger partial charge >= 0.3 is 0 Å². The SMILES string of the molecule is CC(C)Cc1nc(Cl)c(C=O)c(Cl)n1. The van der Waals surface area contributed by atoms with Crippen molar-refractivity contribution in [2.45, 2.75) is 20.3 Å². The molecule has 0 atom stereocenters. The summed E-state index contributed by atoms with van der Waals surface area (Å²) < 4.78 is 0. The highest BCUT2D eigenvalue weighted by molar-refractivity contribution is 6.36. The number of halogens is 2. The van der Waals surface area contributed by atoms with E-state index >= 15 is 0 Å². The second-order valence-corrected chi connectivity index (χ2v) is 4.07. The first-order chi connectivity index (χ1) is 6.54. The van der Waals surface area contributed by atoms with E-state index in [0.717, 1.165) is 0 Å². The maximum absolute atomic E-state index is 10.5. The molecule has 0 fully saturated rings. The van der Waals surface area contributed by atoms with Gasteiger partial charge in [-0.25, -0.2) is 9.97 Å². The van der Waals surface area contributed by atoms with Crippen LogP contribution in [0.25, 0.3) is 0 Å². The highest BCUT2D eigenvalue weighted by Gasteiger charge is 2.11. The van der Waals surface area contributed by atoms with Crippen molar-refractivity contribution in [2.75, 3.05) is 0 Å². The molecule has 0 N–H and O–H groups in total. The van der Waals surface area contributed by atoms with E-state index < -0.39 is 0 Å². The fourth-order valence-corrected chi connectivity index (χ4v) is 1.52. The number of aromatic nitrogens is 2. The Morgan fingerprint density at radius 1 is 1.29 bits per heavy atom. The Balaban J connectivity index is 3.07. The van der Waals surface area contributed by atoms with Crippen molar-refractivity contribution in [3.05, 3.63) is 21.7 Å². The van der Waals surface area contributed by atoms with Gasteiger partial charge < -0.3 is 0 Å². The van der Waals surface area contributed by atoms with Crippen LogP contribution in [-0.4, -0.2) is 16.3 Å². The first-order valence-corrected chi connectivity index (χ1v) is 4.97. The van der Waals surface area contributed by atoms with Crippen LogP contribution in [0, 0.1) is 5.92 Å². The fraction of sp³-hybridized carbons (Fsp3) is 0.444. The Morgan fingerprint density at radius 2 is 1.79 bits per heavy atom. The van der Waals surface area contributed by atoms with Crippen molar-refractivity contribution in [3.63, 3.8) is 0 Å². The Kier molecular flexibility index (Phi) is 3.84. The molecule has 1 heterocycles. The zero-order valence-electron chi connectivity index (χ0n) is 7.92. The lowest BCUT2D eigenvalue weighted by molar-refractivity contribution is 0.112. The van der Waals surface area contributed by atoms with Crippen molar-refractivity contribution in [2.24, 2.45) is 5.92 Å². The summed E-state index contributed by atoms with van der Waals surface area (Å²) in [6, 6.07) is 0. The third-order valence-electron chi connectivity index (χ3n) is 1.61. The van der Waals surface area contributed by atoms with Crippen LogP contribution in [0.5, 0.6) is 0 Å². The van der Waals surface area contributed by atoms with Gasteiger partial charge in [-0.05, 0) is 5.92 Å². The van der Waals surface area contributed by atoms with Crippen LogP contribution >= 0.6 is 23.2 Å². The van der Waals surface area contributed by atoms with Gasteiger partial charge in [0.1, 0.15) is 16.1 Å². The number of aldehydes is 1. The number of rotatable bonds is 3. The second-order valence-electron chi connectivity index (χ2n) is 3.35. The molecule has 0 saturated carbocycles. The first kappa shape index (κ1) is 11.4. The van der Waals surface area contributed by atoms with E-state index in [1.54, 1.807) is 0 Å². The van der Waals surface area contributed by atoms with Crippen molar-refractivity contribution in [3.8, 4) is 0 Å². The quantitative estimate of drug-likeness (QED) is 0.595. The molecule has 5 heteroatoms. The van der Waals surface area contributed by atoms with E-state index in [0.29, 0.717) is 24.4 Å². The van der Waals surface area contributed by atoms with E-state index in [1.807, 2.05) is 13.8 Å². The standard InChI is InChI=1S/C9H10Cl2N2O/c1-5(2)3-7-12-8(10)6(4-14)9(11)13-7/h4-5H,3H2,1-2H3. The molecule has 0 aliphatic rings. The van der Waals surface area contributed by atoms with Gasteiger partial charge in [0.15, 0.2) is 6.29 Å². The van der Waals surface area contributed by atoms with Crippen LogP contribution in [0.2, 0.25) is 10.3 Å². The Hall–Kier alpha value is -0.670. The Labute approximate surface area is 92.5 Å². The maximum atomic E-state index is 10.5. The van der Waals surface area contributed by atoms with Crippen LogP contribution in [0.1, 0.15) is 30.0 Å². The van der Waals surface area contributed by atoms with Crippen LogP contribution < -0.4 is 0 Å². The maximum Gasteiger partial charge on any atom is 0.156 e. The van der Waals surface area contributed by atoms with E-state index in [2.05, 4.69) is 9.97 Å². The number of hydrogen-bond acceptors (Lipinski definition) is 3. The summed E-state index contributed by atoms with van der Waals surface area (Å²) >= 11 is 11.5. The summed E-state index contributed by atoms with van der Waals surface area (Å²) in [5, 5.41) is 0.242. The minimum atomic E-state index is 0.121. The number of hydrogen-bond donors (Lipinski definition) is 0. The van der Waals surface area contributed by atoms with Crippen LogP contribution in [0.15, 0.2) is 0 Å². The zero-order valence-corrected chi connectivity index (χ0v) is 9.43. The van der Waals surface area contributed by atoms with Crippen molar-refractivity contribution in [1.82, 2.24) is 9.97 Å². The molecular weight excluding hydrogens is 223 g/mol. The number of carbonyl (C=O) groups excluding carboxylic acids is 1. The van der Waals surface area contributed by atoms with Crippen LogP contribution in [0.3, 0.4) is 0 Å². The predicted octanol–water partition coefficient (Wildman–Crippen LogP) is 2.79. The fourth-order valence-electron chi connectivity index (χ4n) is 1.01. The summed E-state index contributed by atoms with van der Waals surface area (Å²) in [7, 11) is 0. The molecule has 1 aromatic rings. The van der Waals surface area contributed by atoms with E-state index in [9.17, 15) is 4.79 Å². The summed E-state index contributed by atoms with van der Waals surface area (Å²) in [5.74, 6) is 0.991. The molecule has 14 heavy (non-hydrogen) atoms. The average molecular weight is 233 g/mol. The van der Waals surface area contributed by atoms with Gasteiger partial charge in [0, 0.05) is 6.42 Å². The van der Waals surface area contributed by atoms with Crippen LogP contribution in [0.4, 0.5) is 0 Å². The summed E-state index contributed by atoms with van der Waals surface area (Å²) in [6.45, 7) is 4.08. The van der Waals surface area contributed by atoms with Gasteiger partial charge in [0.05, 0.1) is 5.56 Å². The molecule has 0 spiro atoms. The van der Waals surface area contributed by atoms with Crippen LogP contribution in [-0.2, 0) is 6.42 Å². The molecule has 3 nitrogen and oxygen atoms in total. The van der Waals surface area contributed by atoms with Crippen molar-refractivity contribution < 1.29 is 4.79 Å². The molecule has 0 saturated heterocycles. The van der Waals surface area contributed by atoms with E-state index in [4.69, 9.17) is 23.2 Å². The molecule has 76 valence electrons. The Morgan fingerprint density at radius 3 is 2.14 bits per heavy atom. The molecule has 0 aliphatic carbocycles. The third kappa shape index (κ3) is 2.66. The predicted molar refractivity (Wildman–Crippen MR) is 56.0 cm³/mol. The number of nitrogens with zero attached hydrogens (tertiary/aromatic N) is 2. The van der Waals surface area contributed by atoms with Gasteiger partial charge in [0.25, 0.3) is 0 Å². The molecular formula is C9H10Cl2N2O. The molecule has 0 amide bonds. The van der Waals surface area contributed by atoms with Gasteiger partial charge in [0.2, 0.25) is 0 Å². The molecule has 0 bridgehead atoms. The lowest BCUT2D eigenvalue weighted by Gasteiger charge is -2.05. The van der Waals surface area contributed by atoms with Gasteiger partial charge in [-0.2, -0.15) is 0 Å². The minimum absolute atomic E-state index is 0.121. The minimum Gasteiger partial charge on any atom is -0.298 e. The monoisotopic (exact) mass is 232 g/mol. The molecule has 0 aliphatic heterocycles. The number of carbonyl (C=O) groups is 1. The summed E-state index contributed by atoms with van der Waals surface area (Å²) in [5.41, 5.74) is 0.154. The normalized spacial score (nSPS) is 10.6. The average Bonchev–Trinajstić information content (AvgIpc) is 2.01. The molecule has 0 aromatic carbocycles. The molecule has 0 radical (unpaired) electrons. The van der Waals surface area contributed by atoms with Gasteiger partial charge in [-0.1, -0.05) is 37.0 Å². The molecule has 1 aromatic heterocycles. The summed E-state index contributed by atoms with van der Waals surface area (Å²) in [4.78, 5) is 18.5. The lowest BCUT2D eigenvalue weighted by atomic mass is 10.1. The van der Waals surface area contributed by atoms with Gasteiger partial charge in [-0.3, -0.25) is 4.79 Å². The van der Waals surface area contributed by atoms with Crippen molar-refractivity contribution in [1.29, 1.82) is 0 Å². The first-order valence-electron chi connectivity index (χ1n) is 4.21. The zero-order chi connectivity index (χ0) is 10.7. The molecule has 0 unspecified atom stereocenters. The smallest absolute Gasteiger partial charge is 0.156 e. The third-order valence-corrected chi connectivity index (χ3v) is 2.18. The largest absolute Gasteiger partial charge is 0.298 e. The lowest BCUT2D eigenvalue weighted by Crippen LogP contribution is -2.03. The Bertz CT molecular complexity index is 330. The highest BCUT2D eigenvalue weighted by atomic mass is 35.5. The second kappa shape index (κ2) is 4.71. The van der Waals surface area contributed by atoms with E-state index in [1.165, 1.54) is 0 Å². The molecule has 1 rings (SSSR count).